The van der Waals surface area contributed by atoms with Gasteiger partial charge in [0.25, 0.3) is 5.91 Å². The standard InChI is InChI=1S/C41H54N2O3S.C3H6/c1-37(2)30(26-8-10-28(11-9-26)36(45)46)18-21-38(3)33(37)19-22-40(5)34(38)17-16-31-32-7-6-20-41(32,24-23-39(31,40)4)25-43-35(44)27-12-14-29(47-42)15-13-27;1-3-2/h8-15,18,31-34H,6-7,16-17,19-25,42H2,1-5H3,(H,43,44)(H,45,46);3H,1H2,2H3/t31?,32?,33?,34?,38?,39-,40?,41?;/m1./s1. The fourth-order valence-electron chi connectivity index (χ4n) is 12.9. The monoisotopic (exact) mass is 696 g/mol. The third kappa shape index (κ3) is 5.81. The predicted molar refractivity (Wildman–Crippen MR) is 207 cm³/mol. The highest BCUT2D eigenvalue weighted by molar-refractivity contribution is 7.97. The molecule has 4 fully saturated rings. The normalized spacial score (nSPS) is 36.6. The first kappa shape index (κ1) is 36.9. The van der Waals surface area contributed by atoms with Crippen molar-refractivity contribution in [1.82, 2.24) is 5.32 Å². The van der Waals surface area contributed by atoms with Crippen molar-refractivity contribution in [2.24, 2.45) is 55.9 Å². The Morgan fingerprint density at radius 3 is 2.16 bits per heavy atom. The average Bonchev–Trinajstić information content (AvgIpc) is 3.52. The molecular formula is C44H60N2O3S. The molecule has 8 atom stereocenters. The highest BCUT2D eigenvalue weighted by atomic mass is 32.2. The van der Waals surface area contributed by atoms with Gasteiger partial charge >= 0.3 is 5.97 Å². The van der Waals surface area contributed by atoms with Crippen LogP contribution in [0.1, 0.15) is 132 Å². The number of allylic oxidation sites excluding steroid dienone is 3. The summed E-state index contributed by atoms with van der Waals surface area (Å²) in [5.74, 6) is 1.85. The van der Waals surface area contributed by atoms with E-state index >= 15 is 0 Å². The Morgan fingerprint density at radius 2 is 1.52 bits per heavy atom. The molecule has 7 unspecified atom stereocenters. The molecular weight excluding hydrogens is 637 g/mol. The second-order valence-corrected chi connectivity index (χ2v) is 18.4. The molecule has 4 N–H and O–H groups in total. The lowest BCUT2D eigenvalue weighted by molar-refractivity contribution is -0.222. The summed E-state index contributed by atoms with van der Waals surface area (Å²) in [5, 5.41) is 18.6. The maximum atomic E-state index is 13.3. The van der Waals surface area contributed by atoms with E-state index in [-0.39, 0.29) is 22.2 Å². The van der Waals surface area contributed by atoms with Gasteiger partial charge in [0.2, 0.25) is 0 Å². The minimum Gasteiger partial charge on any atom is -0.478 e. The fourth-order valence-corrected chi connectivity index (χ4v) is 13.2. The molecule has 0 aromatic heterocycles. The zero-order valence-electron chi connectivity index (χ0n) is 31.3. The highest BCUT2D eigenvalue weighted by Crippen LogP contribution is 2.77. The van der Waals surface area contributed by atoms with Crippen molar-refractivity contribution in [2.75, 3.05) is 6.54 Å². The van der Waals surface area contributed by atoms with E-state index in [1.807, 2.05) is 43.3 Å². The van der Waals surface area contributed by atoms with E-state index in [9.17, 15) is 14.7 Å². The Morgan fingerprint density at radius 1 is 0.860 bits per heavy atom. The minimum atomic E-state index is -0.868. The highest BCUT2D eigenvalue weighted by Gasteiger charge is 2.69. The number of hydrogen-bond acceptors (Lipinski definition) is 4. The first-order valence-corrected chi connectivity index (χ1v) is 19.9. The van der Waals surface area contributed by atoms with E-state index in [2.05, 4.69) is 52.6 Å². The van der Waals surface area contributed by atoms with Gasteiger partial charge in [0, 0.05) is 17.0 Å². The van der Waals surface area contributed by atoms with E-state index in [4.69, 9.17) is 5.14 Å². The van der Waals surface area contributed by atoms with E-state index in [1.54, 1.807) is 18.2 Å². The Kier molecular flexibility index (Phi) is 10.1. The molecule has 4 saturated carbocycles. The molecule has 2 aromatic rings. The zero-order chi connectivity index (χ0) is 36.1. The minimum absolute atomic E-state index is 0.0195. The summed E-state index contributed by atoms with van der Waals surface area (Å²) < 4.78 is 0. The summed E-state index contributed by atoms with van der Waals surface area (Å²) in [7, 11) is 0. The number of benzene rings is 2. The van der Waals surface area contributed by atoms with Crippen molar-refractivity contribution in [1.29, 1.82) is 0 Å². The van der Waals surface area contributed by atoms with Crippen molar-refractivity contribution in [3.8, 4) is 0 Å². The molecule has 0 saturated heterocycles. The molecule has 5 aliphatic carbocycles. The number of rotatable bonds is 6. The third-order valence-electron chi connectivity index (χ3n) is 15.4. The number of carbonyl (C=O) groups excluding carboxylic acids is 1. The SMILES string of the molecule is C=CC.CC1(C)C(c2ccc(C(=O)O)cc2)=CCC2(C)C1CCC1(C)C2CCC2C3CCCC3(CNC(=O)c3ccc(SN)cc3)CC[C@]21C. The Labute approximate surface area is 305 Å². The zero-order valence-corrected chi connectivity index (χ0v) is 32.1. The van der Waals surface area contributed by atoms with Gasteiger partial charge in [-0.15, -0.1) is 6.58 Å². The van der Waals surface area contributed by atoms with E-state index in [0.29, 0.717) is 40.1 Å². The number of aromatic carboxylic acids is 1. The van der Waals surface area contributed by atoms with Crippen molar-refractivity contribution >= 4 is 29.4 Å². The van der Waals surface area contributed by atoms with Gasteiger partial charge < -0.3 is 10.4 Å². The maximum absolute atomic E-state index is 13.3. The topological polar surface area (TPSA) is 92.4 Å². The molecule has 7 rings (SSSR count). The van der Waals surface area contributed by atoms with Gasteiger partial charge in [0.05, 0.1) is 5.56 Å². The van der Waals surface area contributed by atoms with E-state index in [0.717, 1.165) is 23.4 Å². The average molecular weight is 697 g/mol. The quantitative estimate of drug-likeness (QED) is 0.206. The van der Waals surface area contributed by atoms with Crippen LogP contribution in [0.2, 0.25) is 0 Å². The Hall–Kier alpha value is -2.83. The second kappa shape index (κ2) is 13.6. The van der Waals surface area contributed by atoms with Gasteiger partial charge in [-0.1, -0.05) is 65.3 Å². The van der Waals surface area contributed by atoms with Gasteiger partial charge in [0.15, 0.2) is 0 Å². The smallest absolute Gasteiger partial charge is 0.335 e. The van der Waals surface area contributed by atoms with E-state index in [1.165, 1.54) is 80.9 Å². The number of hydrogen-bond donors (Lipinski definition) is 3. The predicted octanol–water partition coefficient (Wildman–Crippen LogP) is 10.8. The van der Waals surface area contributed by atoms with E-state index < -0.39 is 5.97 Å². The van der Waals surface area contributed by atoms with Crippen LogP contribution in [0, 0.1) is 50.7 Å². The molecule has 5 aliphatic rings. The van der Waals surface area contributed by atoms with Crippen LogP contribution in [-0.2, 0) is 0 Å². The molecule has 2 aromatic carbocycles. The number of carboxylic acid groups (broad SMARTS) is 1. The van der Waals surface area contributed by atoms with Gasteiger partial charge in [-0.05, 0) is 175 Å². The van der Waals surface area contributed by atoms with Crippen molar-refractivity contribution in [2.45, 2.75) is 111 Å². The number of carboxylic acids is 1. The molecule has 0 spiro atoms. The lowest BCUT2D eigenvalue weighted by Crippen LogP contribution is -2.65. The van der Waals surface area contributed by atoms with Crippen LogP contribution in [0.3, 0.4) is 0 Å². The van der Waals surface area contributed by atoms with Crippen LogP contribution in [0.4, 0.5) is 0 Å². The summed E-state index contributed by atoms with van der Waals surface area (Å²) in [4.78, 5) is 25.7. The van der Waals surface area contributed by atoms with Crippen LogP contribution >= 0.6 is 11.9 Å². The lowest BCUT2D eigenvalue weighted by atomic mass is 9.32. The second-order valence-electron chi connectivity index (χ2n) is 17.7. The molecule has 5 nitrogen and oxygen atoms in total. The maximum Gasteiger partial charge on any atom is 0.335 e. The summed E-state index contributed by atoms with van der Waals surface area (Å²) in [5.41, 5.74) is 4.73. The van der Waals surface area contributed by atoms with Crippen molar-refractivity contribution < 1.29 is 14.7 Å². The molecule has 0 heterocycles. The van der Waals surface area contributed by atoms with Crippen LogP contribution in [0.5, 0.6) is 0 Å². The molecule has 6 heteroatoms. The van der Waals surface area contributed by atoms with Crippen LogP contribution < -0.4 is 10.5 Å². The number of carbonyl (C=O) groups is 2. The molecule has 270 valence electrons. The molecule has 0 radical (unpaired) electrons. The largest absolute Gasteiger partial charge is 0.478 e. The van der Waals surface area contributed by atoms with Crippen molar-refractivity contribution in [3.05, 3.63) is 84.0 Å². The number of nitrogens with two attached hydrogens (primary N) is 1. The molecule has 1 amide bonds. The van der Waals surface area contributed by atoms with Crippen LogP contribution in [0.25, 0.3) is 5.57 Å². The molecule has 50 heavy (non-hydrogen) atoms. The van der Waals surface area contributed by atoms with Gasteiger partial charge in [0.1, 0.15) is 0 Å². The van der Waals surface area contributed by atoms with Gasteiger partial charge in [-0.2, -0.15) is 0 Å². The lowest BCUT2D eigenvalue weighted by Gasteiger charge is -2.72. The van der Waals surface area contributed by atoms with Crippen LogP contribution in [0.15, 0.2) is 72.2 Å². The molecule has 0 bridgehead atoms. The first-order valence-electron chi connectivity index (χ1n) is 19.1. The number of nitrogens with one attached hydrogen (secondary N) is 1. The fraction of sp³-hybridized carbons (Fsp3) is 0.591. The van der Waals surface area contributed by atoms with Crippen LogP contribution in [-0.4, -0.2) is 23.5 Å². The first-order chi connectivity index (χ1) is 23.7. The summed E-state index contributed by atoms with van der Waals surface area (Å²) >= 11 is 1.21. The number of fused-ring (bicyclic) bond motifs is 7. The Balaban J connectivity index is 0.00000139. The van der Waals surface area contributed by atoms with Crippen molar-refractivity contribution in [3.63, 3.8) is 0 Å². The van der Waals surface area contributed by atoms with Gasteiger partial charge in [-0.3, -0.25) is 9.93 Å². The molecule has 0 aliphatic heterocycles. The Bertz CT molecular complexity index is 1630. The third-order valence-corrected chi connectivity index (χ3v) is 16.0. The summed E-state index contributed by atoms with van der Waals surface area (Å²) in [6.07, 6.45) is 16.8. The summed E-state index contributed by atoms with van der Waals surface area (Å²) in [6, 6.07) is 15.2. The summed E-state index contributed by atoms with van der Waals surface area (Å²) in [6.45, 7) is 19.0. The van der Waals surface area contributed by atoms with Gasteiger partial charge in [-0.25, -0.2) is 4.79 Å². The number of amides is 1.